The molecule has 0 amide bonds. The smallest absolute Gasteiger partial charge is 0.244 e. The minimum Gasteiger partial charge on any atom is -0.326 e. The Balaban J connectivity index is 2.45. The first-order valence-corrected chi connectivity index (χ1v) is 10.9. The van der Waals surface area contributed by atoms with Gasteiger partial charge in [0.2, 0.25) is 10.0 Å². The van der Waals surface area contributed by atoms with Crippen molar-refractivity contribution in [3.8, 4) is 0 Å². The summed E-state index contributed by atoms with van der Waals surface area (Å²) in [5, 5.41) is -1.01. The summed E-state index contributed by atoms with van der Waals surface area (Å²) in [6.45, 7) is 0.423. The molecule has 2 rings (SSSR count). The molecule has 1 atom stereocenters. The summed E-state index contributed by atoms with van der Waals surface area (Å²) in [6, 6.07) is 6.31. The van der Waals surface area contributed by atoms with Crippen molar-refractivity contribution in [1.29, 1.82) is 0 Å². The summed E-state index contributed by atoms with van der Waals surface area (Å²) in [5.41, 5.74) is 6.22. The molecule has 6 nitrogen and oxygen atoms in total. The van der Waals surface area contributed by atoms with E-state index in [0.29, 0.717) is 11.3 Å². The van der Waals surface area contributed by atoms with Crippen LogP contribution in [-0.2, 0) is 26.4 Å². The fraction of sp³-hybridized carbons (Fsp3) is 0.500. The van der Waals surface area contributed by atoms with E-state index < -0.39 is 25.2 Å². The number of rotatable bonds is 4. The van der Waals surface area contributed by atoms with Crippen molar-refractivity contribution in [3.05, 3.63) is 29.8 Å². The number of hydrogen-bond donors (Lipinski definition) is 1. The standard InChI is InChI=1S/C12H18N2O4S3/c1-20(15,16)12-9-19-6-5-14(12)21(17,18)11-4-2-3-10(7-11)8-13/h2-4,7,12H,5-6,8-9,13H2,1H3. The second-order valence-electron chi connectivity index (χ2n) is 4.83. The van der Waals surface area contributed by atoms with Crippen molar-refractivity contribution in [2.24, 2.45) is 5.73 Å². The summed E-state index contributed by atoms with van der Waals surface area (Å²) in [4.78, 5) is 0.0889. The molecular formula is C12H18N2O4S3. The van der Waals surface area contributed by atoms with E-state index in [9.17, 15) is 16.8 Å². The van der Waals surface area contributed by atoms with Crippen molar-refractivity contribution >= 4 is 31.6 Å². The van der Waals surface area contributed by atoms with Gasteiger partial charge < -0.3 is 5.73 Å². The Morgan fingerprint density at radius 2 is 2.05 bits per heavy atom. The van der Waals surface area contributed by atoms with Gasteiger partial charge in [-0.05, 0) is 17.7 Å². The largest absolute Gasteiger partial charge is 0.326 e. The Kier molecular flexibility index (Phi) is 4.99. The molecule has 1 heterocycles. The predicted octanol–water partition coefficient (Wildman–Crippen LogP) is 0.254. The summed E-state index contributed by atoms with van der Waals surface area (Å²) in [5.74, 6) is 0.844. The van der Waals surface area contributed by atoms with Crippen LogP contribution in [0.3, 0.4) is 0 Å². The quantitative estimate of drug-likeness (QED) is 0.836. The number of sulfonamides is 1. The molecule has 0 bridgehead atoms. The molecule has 1 aliphatic heterocycles. The number of thioether (sulfide) groups is 1. The Bertz CT molecular complexity index is 716. The summed E-state index contributed by atoms with van der Waals surface area (Å²) >= 11 is 1.45. The van der Waals surface area contributed by atoms with Gasteiger partial charge in [0, 0.05) is 30.9 Å². The van der Waals surface area contributed by atoms with Gasteiger partial charge in [-0.15, -0.1) is 0 Å². The molecule has 118 valence electrons. The maximum absolute atomic E-state index is 12.7. The van der Waals surface area contributed by atoms with Gasteiger partial charge in [-0.2, -0.15) is 16.1 Å². The third kappa shape index (κ3) is 3.59. The summed E-state index contributed by atoms with van der Waals surface area (Å²) in [7, 11) is -7.32. The van der Waals surface area contributed by atoms with Crippen LogP contribution in [0.1, 0.15) is 5.56 Å². The van der Waals surface area contributed by atoms with Crippen molar-refractivity contribution in [1.82, 2.24) is 4.31 Å². The van der Waals surface area contributed by atoms with Crippen molar-refractivity contribution < 1.29 is 16.8 Å². The lowest BCUT2D eigenvalue weighted by atomic mass is 10.2. The molecular weight excluding hydrogens is 332 g/mol. The highest BCUT2D eigenvalue weighted by Gasteiger charge is 2.39. The van der Waals surface area contributed by atoms with E-state index >= 15 is 0 Å². The van der Waals surface area contributed by atoms with E-state index in [4.69, 9.17) is 5.73 Å². The third-order valence-corrected chi connectivity index (χ3v) is 7.95. The minimum atomic E-state index is -3.84. The first-order valence-electron chi connectivity index (χ1n) is 6.34. The second-order valence-corrected chi connectivity index (χ2v) is 10.1. The van der Waals surface area contributed by atoms with Crippen molar-refractivity contribution in [2.75, 3.05) is 24.3 Å². The van der Waals surface area contributed by atoms with Gasteiger partial charge in [0.1, 0.15) is 5.37 Å². The molecule has 1 saturated heterocycles. The zero-order valence-electron chi connectivity index (χ0n) is 11.6. The molecule has 0 aromatic heterocycles. The molecule has 21 heavy (non-hydrogen) atoms. The summed E-state index contributed by atoms with van der Waals surface area (Å²) < 4.78 is 50.3. The maximum atomic E-state index is 12.7. The van der Waals surface area contributed by atoms with Crippen molar-refractivity contribution in [3.63, 3.8) is 0 Å². The fourth-order valence-electron chi connectivity index (χ4n) is 2.15. The lowest BCUT2D eigenvalue weighted by molar-refractivity contribution is 0.405. The highest BCUT2D eigenvalue weighted by molar-refractivity contribution is 8.01. The molecule has 2 N–H and O–H groups in total. The molecule has 0 saturated carbocycles. The van der Waals surface area contributed by atoms with E-state index in [2.05, 4.69) is 0 Å². The topological polar surface area (TPSA) is 97.5 Å². The van der Waals surface area contributed by atoms with Crippen LogP contribution in [0.15, 0.2) is 29.2 Å². The van der Waals surface area contributed by atoms with Crippen LogP contribution < -0.4 is 5.73 Å². The van der Waals surface area contributed by atoms with Gasteiger partial charge >= 0.3 is 0 Å². The number of benzene rings is 1. The van der Waals surface area contributed by atoms with Crippen LogP contribution in [0.25, 0.3) is 0 Å². The van der Waals surface area contributed by atoms with Crippen LogP contribution in [0, 0.1) is 0 Å². The van der Waals surface area contributed by atoms with Crippen LogP contribution in [0.4, 0.5) is 0 Å². The average molecular weight is 350 g/mol. The van der Waals surface area contributed by atoms with Crippen LogP contribution in [-0.4, -0.2) is 50.8 Å². The van der Waals surface area contributed by atoms with Crippen LogP contribution in [0.2, 0.25) is 0 Å². The van der Waals surface area contributed by atoms with Crippen LogP contribution in [0.5, 0.6) is 0 Å². The number of sulfone groups is 1. The summed E-state index contributed by atoms with van der Waals surface area (Å²) in [6.07, 6.45) is 1.07. The SMILES string of the molecule is CS(=O)(=O)C1CSCCN1S(=O)(=O)c1cccc(CN)c1. The molecule has 0 aliphatic carbocycles. The molecule has 1 aliphatic rings. The highest BCUT2D eigenvalue weighted by atomic mass is 32.2. The maximum Gasteiger partial charge on any atom is 0.244 e. The first-order chi connectivity index (χ1) is 9.76. The van der Waals surface area contributed by atoms with Gasteiger partial charge in [0.15, 0.2) is 9.84 Å². The highest BCUT2D eigenvalue weighted by Crippen LogP contribution is 2.27. The zero-order chi connectivity index (χ0) is 15.7. The van der Waals surface area contributed by atoms with Gasteiger partial charge in [0.05, 0.1) is 4.90 Å². The molecule has 1 aromatic rings. The Morgan fingerprint density at radius 3 is 2.67 bits per heavy atom. The number of hydrogen-bond acceptors (Lipinski definition) is 6. The van der Waals surface area contributed by atoms with Gasteiger partial charge in [-0.3, -0.25) is 0 Å². The predicted molar refractivity (Wildman–Crippen MR) is 84.2 cm³/mol. The minimum absolute atomic E-state index is 0.0889. The van der Waals surface area contributed by atoms with E-state index in [1.54, 1.807) is 12.1 Å². The third-order valence-electron chi connectivity index (χ3n) is 3.27. The Labute approximate surface area is 129 Å². The van der Waals surface area contributed by atoms with E-state index in [1.807, 2.05) is 0 Å². The monoisotopic (exact) mass is 350 g/mol. The average Bonchev–Trinajstić information content (AvgIpc) is 2.46. The van der Waals surface area contributed by atoms with E-state index in [-0.39, 0.29) is 23.7 Å². The van der Waals surface area contributed by atoms with Crippen molar-refractivity contribution in [2.45, 2.75) is 16.8 Å². The normalized spacial score (nSPS) is 21.3. The van der Waals surface area contributed by atoms with E-state index in [0.717, 1.165) is 10.6 Å². The van der Waals surface area contributed by atoms with Crippen LogP contribution >= 0.6 is 11.8 Å². The number of nitrogens with zero attached hydrogens (tertiary/aromatic N) is 1. The number of nitrogens with two attached hydrogens (primary N) is 1. The molecule has 0 radical (unpaired) electrons. The Morgan fingerprint density at radius 1 is 1.33 bits per heavy atom. The fourth-order valence-corrected chi connectivity index (χ4v) is 7.39. The van der Waals surface area contributed by atoms with E-state index in [1.165, 1.54) is 23.9 Å². The Hall–Kier alpha value is -0.610. The van der Waals surface area contributed by atoms with Gasteiger partial charge in [-0.25, -0.2) is 16.8 Å². The molecule has 1 fully saturated rings. The lowest BCUT2D eigenvalue weighted by Crippen LogP contribution is -2.49. The lowest BCUT2D eigenvalue weighted by Gasteiger charge is -2.33. The molecule has 1 aromatic carbocycles. The van der Waals surface area contributed by atoms with Gasteiger partial charge in [-0.1, -0.05) is 12.1 Å². The molecule has 9 heteroatoms. The molecule has 1 unspecified atom stereocenters. The first kappa shape index (κ1) is 16.8. The molecule has 0 spiro atoms. The van der Waals surface area contributed by atoms with Gasteiger partial charge in [0.25, 0.3) is 0 Å². The zero-order valence-corrected chi connectivity index (χ0v) is 14.0. The second kappa shape index (κ2) is 6.25.